The number of aromatic carboxylic acids is 1. The maximum Gasteiger partial charge on any atom is 0.356 e. The molecule has 29 heavy (non-hydrogen) atoms. The van der Waals surface area contributed by atoms with E-state index in [-0.39, 0.29) is 11.6 Å². The third kappa shape index (κ3) is 4.71. The molecule has 0 aliphatic carbocycles. The molecule has 2 N–H and O–H groups in total. The molecular weight excluding hydrogens is 370 g/mol. The van der Waals surface area contributed by atoms with Crippen LogP contribution >= 0.6 is 0 Å². The monoisotopic (exact) mass is 395 g/mol. The van der Waals surface area contributed by atoms with Gasteiger partial charge in [0.2, 0.25) is 0 Å². The van der Waals surface area contributed by atoms with Gasteiger partial charge < -0.3 is 10.4 Å². The lowest BCUT2D eigenvalue weighted by molar-refractivity contribution is 0.0689. The minimum absolute atomic E-state index is 0.0192. The maximum absolute atomic E-state index is 12.7. The van der Waals surface area contributed by atoms with Crippen LogP contribution in [-0.2, 0) is 19.5 Å². The van der Waals surface area contributed by atoms with E-state index in [0.717, 1.165) is 29.9 Å². The van der Waals surface area contributed by atoms with Crippen molar-refractivity contribution < 1.29 is 14.7 Å². The molecule has 8 heteroatoms. The van der Waals surface area contributed by atoms with Gasteiger partial charge in [-0.3, -0.25) is 9.48 Å². The number of carboxylic acids is 1. The number of hydrogen-bond acceptors (Lipinski definition) is 4. The highest BCUT2D eigenvalue weighted by Crippen LogP contribution is 2.14. The number of hydrogen-bond donors (Lipinski definition) is 2. The Kier molecular flexibility index (Phi) is 6.11. The van der Waals surface area contributed by atoms with Gasteiger partial charge >= 0.3 is 5.97 Å². The summed E-state index contributed by atoms with van der Waals surface area (Å²) in [5, 5.41) is 20.4. The van der Waals surface area contributed by atoms with E-state index in [1.165, 1.54) is 10.7 Å². The van der Waals surface area contributed by atoms with Crippen LogP contribution in [0.5, 0.6) is 0 Å². The molecule has 0 saturated heterocycles. The SMILES string of the molecule is CCc1c(C(=O)NCc2cccc(-n3ccc(C(=O)O)n3)c2)cnn1CC(C)C. The summed E-state index contributed by atoms with van der Waals surface area (Å²) in [6.07, 6.45) is 3.96. The normalized spacial score (nSPS) is 11.0. The van der Waals surface area contributed by atoms with Crippen molar-refractivity contribution in [3.05, 3.63) is 65.2 Å². The van der Waals surface area contributed by atoms with E-state index in [4.69, 9.17) is 5.11 Å². The molecule has 0 radical (unpaired) electrons. The Morgan fingerprint density at radius 1 is 1.24 bits per heavy atom. The van der Waals surface area contributed by atoms with E-state index in [2.05, 4.69) is 29.4 Å². The highest BCUT2D eigenvalue weighted by molar-refractivity contribution is 5.95. The molecule has 0 unspecified atom stereocenters. The second-order valence-electron chi connectivity index (χ2n) is 7.24. The van der Waals surface area contributed by atoms with Gasteiger partial charge in [0.05, 0.1) is 23.1 Å². The third-order valence-electron chi connectivity index (χ3n) is 4.50. The van der Waals surface area contributed by atoms with Crippen molar-refractivity contribution in [2.75, 3.05) is 0 Å². The van der Waals surface area contributed by atoms with Crippen LogP contribution in [0.1, 0.15) is 52.9 Å². The second-order valence-corrected chi connectivity index (χ2v) is 7.24. The van der Waals surface area contributed by atoms with Gasteiger partial charge in [0, 0.05) is 19.3 Å². The first-order valence-electron chi connectivity index (χ1n) is 9.60. The van der Waals surface area contributed by atoms with Crippen molar-refractivity contribution in [2.45, 2.75) is 40.3 Å². The van der Waals surface area contributed by atoms with Gasteiger partial charge in [0.25, 0.3) is 5.91 Å². The number of rotatable bonds is 8. The first-order chi connectivity index (χ1) is 13.9. The Bertz CT molecular complexity index is 1020. The van der Waals surface area contributed by atoms with Crippen LogP contribution in [0.4, 0.5) is 0 Å². The van der Waals surface area contributed by atoms with E-state index in [1.807, 2.05) is 35.9 Å². The van der Waals surface area contributed by atoms with E-state index >= 15 is 0 Å². The van der Waals surface area contributed by atoms with Crippen LogP contribution < -0.4 is 5.32 Å². The minimum atomic E-state index is -1.07. The number of carbonyl (C=O) groups excluding carboxylic acids is 1. The molecule has 3 rings (SSSR count). The highest BCUT2D eigenvalue weighted by atomic mass is 16.4. The summed E-state index contributed by atoms with van der Waals surface area (Å²) in [6, 6.07) is 8.88. The zero-order valence-corrected chi connectivity index (χ0v) is 16.8. The van der Waals surface area contributed by atoms with E-state index in [0.29, 0.717) is 18.0 Å². The van der Waals surface area contributed by atoms with Crippen molar-refractivity contribution in [2.24, 2.45) is 5.92 Å². The Labute approximate surface area is 169 Å². The zero-order chi connectivity index (χ0) is 21.0. The van der Waals surface area contributed by atoms with Gasteiger partial charge in [-0.25, -0.2) is 9.48 Å². The summed E-state index contributed by atoms with van der Waals surface area (Å²) in [5.41, 5.74) is 3.12. The zero-order valence-electron chi connectivity index (χ0n) is 16.8. The molecule has 0 aliphatic heterocycles. The van der Waals surface area contributed by atoms with Crippen LogP contribution in [0.15, 0.2) is 42.7 Å². The Morgan fingerprint density at radius 3 is 2.69 bits per heavy atom. The Balaban J connectivity index is 1.71. The van der Waals surface area contributed by atoms with E-state index in [1.54, 1.807) is 12.4 Å². The molecule has 8 nitrogen and oxygen atoms in total. The molecule has 1 amide bonds. The number of carbonyl (C=O) groups is 2. The predicted molar refractivity (Wildman–Crippen MR) is 108 cm³/mol. The molecule has 0 bridgehead atoms. The van der Waals surface area contributed by atoms with Crippen molar-refractivity contribution in [3.63, 3.8) is 0 Å². The number of amides is 1. The van der Waals surface area contributed by atoms with Crippen LogP contribution in [-0.4, -0.2) is 36.5 Å². The maximum atomic E-state index is 12.7. The summed E-state index contributed by atoms with van der Waals surface area (Å²) < 4.78 is 3.40. The molecule has 2 heterocycles. The first-order valence-corrected chi connectivity index (χ1v) is 9.60. The predicted octanol–water partition coefficient (Wildman–Crippen LogP) is 2.92. The third-order valence-corrected chi connectivity index (χ3v) is 4.50. The van der Waals surface area contributed by atoms with Crippen LogP contribution in [0.3, 0.4) is 0 Å². The van der Waals surface area contributed by atoms with Crippen molar-refractivity contribution in [1.82, 2.24) is 24.9 Å². The van der Waals surface area contributed by atoms with Crippen LogP contribution in [0.2, 0.25) is 0 Å². The largest absolute Gasteiger partial charge is 0.476 e. The fourth-order valence-electron chi connectivity index (χ4n) is 3.14. The van der Waals surface area contributed by atoms with Crippen molar-refractivity contribution in [3.8, 4) is 5.69 Å². The number of nitrogens with zero attached hydrogens (tertiary/aromatic N) is 4. The number of aromatic nitrogens is 4. The molecule has 2 aromatic heterocycles. The number of nitrogens with one attached hydrogen (secondary N) is 1. The molecule has 0 fully saturated rings. The smallest absolute Gasteiger partial charge is 0.356 e. The lowest BCUT2D eigenvalue weighted by atomic mass is 10.1. The van der Waals surface area contributed by atoms with E-state index < -0.39 is 5.97 Å². The first kappa shape index (κ1) is 20.3. The molecule has 152 valence electrons. The van der Waals surface area contributed by atoms with E-state index in [9.17, 15) is 9.59 Å². The summed E-state index contributed by atoms with van der Waals surface area (Å²) in [6.45, 7) is 7.38. The second kappa shape index (κ2) is 8.72. The lowest BCUT2D eigenvalue weighted by Gasteiger charge is -2.11. The molecule has 0 saturated carbocycles. The molecular formula is C21H25N5O3. The fraction of sp³-hybridized carbons (Fsp3) is 0.333. The standard InChI is InChI=1S/C21H25N5O3/c1-4-19-17(12-23-26(19)13-14(2)3)20(27)22-11-15-6-5-7-16(10-15)25-9-8-18(24-25)21(28)29/h5-10,12,14H,4,11,13H2,1-3H3,(H,22,27)(H,28,29). The van der Waals surface area contributed by atoms with Gasteiger partial charge in [0.1, 0.15) is 0 Å². The Hall–Kier alpha value is -3.42. The van der Waals surface area contributed by atoms with Crippen LogP contribution in [0, 0.1) is 5.92 Å². The van der Waals surface area contributed by atoms with Gasteiger partial charge in [-0.05, 0) is 36.1 Å². The summed E-state index contributed by atoms with van der Waals surface area (Å²) in [5.74, 6) is -0.783. The molecule has 0 aliphatic rings. The Morgan fingerprint density at radius 2 is 2.03 bits per heavy atom. The number of carboxylic acid groups (broad SMARTS) is 1. The number of benzene rings is 1. The van der Waals surface area contributed by atoms with Crippen molar-refractivity contribution in [1.29, 1.82) is 0 Å². The highest BCUT2D eigenvalue weighted by Gasteiger charge is 2.16. The van der Waals surface area contributed by atoms with Gasteiger partial charge in [-0.15, -0.1) is 0 Å². The van der Waals surface area contributed by atoms with Gasteiger partial charge in [-0.2, -0.15) is 10.2 Å². The lowest BCUT2D eigenvalue weighted by Crippen LogP contribution is -2.24. The van der Waals surface area contributed by atoms with Gasteiger partial charge in [0.15, 0.2) is 5.69 Å². The molecule has 1 aromatic carbocycles. The quantitative estimate of drug-likeness (QED) is 0.611. The molecule has 0 spiro atoms. The fourth-order valence-corrected chi connectivity index (χ4v) is 3.14. The average molecular weight is 395 g/mol. The topological polar surface area (TPSA) is 102 Å². The summed E-state index contributed by atoms with van der Waals surface area (Å²) in [7, 11) is 0. The van der Waals surface area contributed by atoms with Crippen molar-refractivity contribution >= 4 is 11.9 Å². The minimum Gasteiger partial charge on any atom is -0.476 e. The summed E-state index contributed by atoms with van der Waals surface area (Å²) in [4.78, 5) is 23.7. The van der Waals surface area contributed by atoms with Gasteiger partial charge in [-0.1, -0.05) is 32.9 Å². The average Bonchev–Trinajstić information content (AvgIpc) is 3.33. The van der Waals surface area contributed by atoms with Crippen LogP contribution in [0.25, 0.3) is 5.69 Å². The molecule has 3 aromatic rings. The summed E-state index contributed by atoms with van der Waals surface area (Å²) >= 11 is 0. The molecule has 0 atom stereocenters.